The first-order valence-electron chi connectivity index (χ1n) is 8.77. The molecule has 0 aliphatic heterocycles. The van der Waals surface area contributed by atoms with Crippen LogP contribution < -0.4 is 14.8 Å². The number of rotatable bonds is 8. The van der Waals surface area contributed by atoms with Crippen molar-refractivity contribution in [1.29, 1.82) is 0 Å². The van der Waals surface area contributed by atoms with E-state index in [2.05, 4.69) is 21.2 Å². The van der Waals surface area contributed by atoms with Crippen LogP contribution in [0.4, 0.5) is 10.1 Å². The molecule has 0 unspecified atom stereocenters. The summed E-state index contributed by atoms with van der Waals surface area (Å²) in [5.41, 5.74) is 2.83. The fraction of sp³-hybridized carbons (Fsp3) is 0.136. The maximum atomic E-state index is 13.0. The van der Waals surface area contributed by atoms with Crippen LogP contribution in [0.1, 0.15) is 21.5 Å². The highest BCUT2D eigenvalue weighted by molar-refractivity contribution is 9.10. The molecule has 0 saturated heterocycles. The Balaban J connectivity index is 1.68. The average Bonchev–Trinajstić information content (AvgIpc) is 2.73. The Morgan fingerprint density at radius 1 is 1.07 bits per heavy atom. The van der Waals surface area contributed by atoms with Crippen molar-refractivity contribution >= 4 is 27.6 Å². The molecule has 0 amide bonds. The van der Waals surface area contributed by atoms with Crippen molar-refractivity contribution in [3.63, 3.8) is 0 Å². The predicted octanol–water partition coefficient (Wildman–Crippen LogP) is 5.49. The highest BCUT2D eigenvalue weighted by Gasteiger charge is 2.11. The molecule has 7 heteroatoms. The van der Waals surface area contributed by atoms with Gasteiger partial charge in [0, 0.05) is 16.7 Å². The third-order valence-electron chi connectivity index (χ3n) is 4.26. The molecule has 29 heavy (non-hydrogen) atoms. The van der Waals surface area contributed by atoms with Gasteiger partial charge in [-0.2, -0.15) is 0 Å². The van der Waals surface area contributed by atoms with E-state index in [1.54, 1.807) is 43.5 Å². The van der Waals surface area contributed by atoms with Gasteiger partial charge in [-0.1, -0.05) is 28.1 Å². The smallest absolute Gasteiger partial charge is 0.335 e. The second-order valence-corrected chi connectivity index (χ2v) is 7.10. The second-order valence-electron chi connectivity index (χ2n) is 6.25. The first-order valence-corrected chi connectivity index (χ1v) is 9.56. The van der Waals surface area contributed by atoms with Crippen LogP contribution in [0.3, 0.4) is 0 Å². The number of hydrogen-bond donors (Lipinski definition) is 2. The van der Waals surface area contributed by atoms with Crippen molar-refractivity contribution < 1.29 is 23.8 Å². The Kier molecular flexibility index (Phi) is 6.72. The third-order valence-corrected chi connectivity index (χ3v) is 4.99. The van der Waals surface area contributed by atoms with Gasteiger partial charge in [0.1, 0.15) is 12.4 Å². The molecule has 0 spiro atoms. The average molecular weight is 460 g/mol. The molecule has 0 heterocycles. The van der Waals surface area contributed by atoms with Gasteiger partial charge in [0.2, 0.25) is 0 Å². The topological polar surface area (TPSA) is 67.8 Å². The van der Waals surface area contributed by atoms with Crippen LogP contribution in [-0.4, -0.2) is 18.2 Å². The molecule has 0 atom stereocenters. The van der Waals surface area contributed by atoms with E-state index in [1.807, 2.05) is 12.1 Å². The summed E-state index contributed by atoms with van der Waals surface area (Å²) in [6, 6.07) is 16.3. The monoisotopic (exact) mass is 459 g/mol. The molecule has 0 radical (unpaired) electrons. The zero-order valence-corrected chi connectivity index (χ0v) is 17.2. The SMILES string of the molecule is COc1cc(CNc2ccc(C(=O)O)cc2)c(Br)cc1OCc1ccc(F)cc1. The van der Waals surface area contributed by atoms with Crippen molar-refractivity contribution in [3.8, 4) is 11.5 Å². The standard InChI is InChI=1S/C22H19BrFNO4/c1-28-20-10-16(12-25-18-8-4-15(5-9-18)22(26)27)19(23)11-21(20)29-13-14-2-6-17(24)7-3-14/h2-11,25H,12-13H2,1H3,(H,26,27). The molecule has 0 bridgehead atoms. The predicted molar refractivity (Wildman–Crippen MR) is 112 cm³/mol. The van der Waals surface area contributed by atoms with Gasteiger partial charge >= 0.3 is 5.97 Å². The molecule has 150 valence electrons. The molecule has 0 aliphatic rings. The Hall–Kier alpha value is -3.06. The number of benzene rings is 3. The number of carboxylic acids is 1. The number of ether oxygens (including phenoxy) is 2. The van der Waals surface area contributed by atoms with Gasteiger partial charge in [0.15, 0.2) is 11.5 Å². The molecule has 5 nitrogen and oxygen atoms in total. The maximum Gasteiger partial charge on any atom is 0.335 e. The number of carbonyl (C=O) groups is 1. The van der Waals surface area contributed by atoms with Gasteiger partial charge in [0.25, 0.3) is 0 Å². The van der Waals surface area contributed by atoms with E-state index >= 15 is 0 Å². The van der Waals surface area contributed by atoms with Crippen molar-refractivity contribution in [3.05, 3.63) is 87.6 Å². The van der Waals surface area contributed by atoms with Crippen LogP contribution in [0.2, 0.25) is 0 Å². The lowest BCUT2D eigenvalue weighted by Gasteiger charge is -2.15. The summed E-state index contributed by atoms with van der Waals surface area (Å²) in [5, 5.41) is 12.2. The van der Waals surface area contributed by atoms with E-state index in [9.17, 15) is 9.18 Å². The first-order chi connectivity index (χ1) is 14.0. The van der Waals surface area contributed by atoms with Gasteiger partial charge in [-0.3, -0.25) is 0 Å². The normalized spacial score (nSPS) is 10.4. The van der Waals surface area contributed by atoms with Crippen LogP contribution in [0.15, 0.2) is 65.1 Å². The number of methoxy groups -OCH3 is 1. The van der Waals surface area contributed by atoms with E-state index in [4.69, 9.17) is 14.6 Å². The van der Waals surface area contributed by atoms with E-state index in [-0.39, 0.29) is 18.0 Å². The quantitative estimate of drug-likeness (QED) is 0.466. The highest BCUT2D eigenvalue weighted by Crippen LogP contribution is 2.34. The van der Waals surface area contributed by atoms with Crippen molar-refractivity contribution in [2.75, 3.05) is 12.4 Å². The zero-order valence-electron chi connectivity index (χ0n) is 15.6. The fourth-order valence-electron chi connectivity index (χ4n) is 2.65. The minimum atomic E-state index is -0.958. The molecule has 3 aromatic rings. The highest BCUT2D eigenvalue weighted by atomic mass is 79.9. The summed E-state index contributed by atoms with van der Waals surface area (Å²) >= 11 is 3.55. The Labute approximate surface area is 176 Å². The van der Waals surface area contributed by atoms with Crippen LogP contribution in [0.25, 0.3) is 0 Å². The molecular formula is C22H19BrFNO4. The number of aromatic carboxylic acids is 1. The van der Waals surface area contributed by atoms with Gasteiger partial charge in [-0.05, 0) is 59.7 Å². The first kappa shape index (κ1) is 20.7. The Bertz CT molecular complexity index is 991. The Morgan fingerprint density at radius 2 is 1.76 bits per heavy atom. The molecule has 0 saturated carbocycles. The molecule has 2 N–H and O–H groups in total. The number of anilines is 1. The van der Waals surface area contributed by atoms with Crippen LogP contribution in [0, 0.1) is 5.82 Å². The summed E-state index contributed by atoms with van der Waals surface area (Å²) < 4.78 is 25.1. The molecule has 3 aromatic carbocycles. The lowest BCUT2D eigenvalue weighted by atomic mass is 10.1. The van der Waals surface area contributed by atoms with Crippen LogP contribution in [0.5, 0.6) is 11.5 Å². The van der Waals surface area contributed by atoms with Gasteiger partial charge in [-0.15, -0.1) is 0 Å². The molecule has 3 rings (SSSR count). The minimum Gasteiger partial charge on any atom is -0.493 e. The largest absolute Gasteiger partial charge is 0.493 e. The van der Waals surface area contributed by atoms with Gasteiger partial charge in [0.05, 0.1) is 12.7 Å². The van der Waals surface area contributed by atoms with E-state index in [0.717, 1.165) is 21.3 Å². The van der Waals surface area contributed by atoms with Crippen molar-refractivity contribution in [2.24, 2.45) is 0 Å². The van der Waals surface area contributed by atoms with Crippen molar-refractivity contribution in [2.45, 2.75) is 13.2 Å². The maximum absolute atomic E-state index is 13.0. The van der Waals surface area contributed by atoms with E-state index in [0.29, 0.717) is 18.0 Å². The summed E-state index contributed by atoms with van der Waals surface area (Å²) in [5.74, 6) is -0.101. The molecule has 0 aromatic heterocycles. The minimum absolute atomic E-state index is 0.237. The zero-order chi connectivity index (χ0) is 20.8. The Morgan fingerprint density at radius 3 is 2.38 bits per heavy atom. The van der Waals surface area contributed by atoms with Gasteiger partial charge < -0.3 is 19.9 Å². The molecule has 0 aliphatic carbocycles. The second kappa shape index (κ2) is 9.43. The summed E-state index contributed by atoms with van der Waals surface area (Å²) in [6.45, 7) is 0.790. The fourth-order valence-corrected chi connectivity index (χ4v) is 3.12. The molecule has 0 fully saturated rings. The number of carboxylic acid groups (broad SMARTS) is 1. The lowest BCUT2D eigenvalue weighted by Crippen LogP contribution is -2.03. The number of halogens is 2. The number of nitrogens with one attached hydrogen (secondary N) is 1. The van der Waals surface area contributed by atoms with Crippen LogP contribution >= 0.6 is 15.9 Å². The third kappa shape index (κ3) is 5.48. The van der Waals surface area contributed by atoms with Crippen LogP contribution in [-0.2, 0) is 13.2 Å². The summed E-state index contributed by atoms with van der Waals surface area (Å²) in [4.78, 5) is 10.9. The summed E-state index contributed by atoms with van der Waals surface area (Å²) in [6.07, 6.45) is 0. The van der Waals surface area contributed by atoms with Crippen molar-refractivity contribution in [1.82, 2.24) is 0 Å². The van der Waals surface area contributed by atoms with E-state index in [1.165, 1.54) is 12.1 Å². The summed E-state index contributed by atoms with van der Waals surface area (Å²) in [7, 11) is 1.57. The lowest BCUT2D eigenvalue weighted by molar-refractivity contribution is 0.0697. The van der Waals surface area contributed by atoms with Gasteiger partial charge in [-0.25, -0.2) is 9.18 Å². The number of hydrogen-bond acceptors (Lipinski definition) is 4. The molecular weight excluding hydrogens is 441 g/mol. The van der Waals surface area contributed by atoms with E-state index < -0.39 is 5.97 Å².